The molecule has 2 aliphatic rings. The molecule has 3 N–H and O–H groups in total. The summed E-state index contributed by atoms with van der Waals surface area (Å²) in [5.41, 5.74) is 4.96. The van der Waals surface area contributed by atoms with Gasteiger partial charge in [0.15, 0.2) is 6.23 Å². The van der Waals surface area contributed by atoms with Gasteiger partial charge in [0, 0.05) is 19.1 Å². The molecule has 2 heterocycles. The Balaban J connectivity index is 1.97. The molecule has 0 aliphatic carbocycles. The van der Waals surface area contributed by atoms with Gasteiger partial charge in [-0.1, -0.05) is 0 Å². The van der Waals surface area contributed by atoms with E-state index in [1.165, 1.54) is 0 Å². The number of carbonyl (C=O) groups excluding carboxylic acids is 1. The van der Waals surface area contributed by atoms with Gasteiger partial charge in [-0.2, -0.15) is 0 Å². The predicted molar refractivity (Wildman–Crippen MR) is 44.9 cm³/mol. The normalized spacial score (nSPS) is 38.3. The van der Waals surface area contributed by atoms with E-state index in [0.717, 1.165) is 26.0 Å². The molecule has 2 rings (SSSR count). The van der Waals surface area contributed by atoms with Crippen molar-refractivity contribution in [3.63, 3.8) is 0 Å². The van der Waals surface area contributed by atoms with Crippen LogP contribution in [0.2, 0.25) is 0 Å². The molecule has 3 unspecified atom stereocenters. The highest BCUT2D eigenvalue weighted by Gasteiger charge is 2.39. The van der Waals surface area contributed by atoms with Gasteiger partial charge in [0.1, 0.15) is 0 Å². The van der Waals surface area contributed by atoms with Crippen molar-refractivity contribution in [1.29, 1.82) is 0 Å². The summed E-state index contributed by atoms with van der Waals surface area (Å²) in [6, 6.07) is 0. The Bertz CT molecular complexity index is 210. The first-order chi connectivity index (χ1) is 6.27. The molecular weight excluding hydrogens is 172 g/mol. The van der Waals surface area contributed by atoms with E-state index in [4.69, 9.17) is 15.2 Å². The Kier molecular flexibility index (Phi) is 2.37. The van der Waals surface area contributed by atoms with Crippen LogP contribution < -0.4 is 11.1 Å². The number of ether oxygens (including phenoxy) is 2. The number of amides is 1. The van der Waals surface area contributed by atoms with Crippen molar-refractivity contribution in [3.8, 4) is 0 Å². The Morgan fingerprint density at radius 3 is 3.15 bits per heavy atom. The number of primary amides is 1. The van der Waals surface area contributed by atoms with E-state index in [0.29, 0.717) is 0 Å². The van der Waals surface area contributed by atoms with E-state index in [1.54, 1.807) is 0 Å². The Hall–Kier alpha value is -0.810. The second-order valence-electron chi connectivity index (χ2n) is 3.46. The lowest BCUT2D eigenvalue weighted by molar-refractivity contribution is -0.0202. The molecule has 0 spiro atoms. The van der Waals surface area contributed by atoms with Crippen LogP contribution in [0.3, 0.4) is 0 Å². The number of nitrogens with one attached hydrogen (secondary N) is 1. The van der Waals surface area contributed by atoms with Gasteiger partial charge in [-0.05, 0) is 12.8 Å². The summed E-state index contributed by atoms with van der Waals surface area (Å²) >= 11 is 0. The van der Waals surface area contributed by atoms with Crippen LogP contribution in [0.4, 0.5) is 4.79 Å². The molecule has 13 heavy (non-hydrogen) atoms. The first-order valence-electron chi connectivity index (χ1n) is 4.58. The minimum absolute atomic E-state index is 0.241. The van der Waals surface area contributed by atoms with E-state index in [9.17, 15) is 4.79 Å². The van der Waals surface area contributed by atoms with Crippen LogP contribution in [-0.4, -0.2) is 31.6 Å². The van der Waals surface area contributed by atoms with E-state index >= 15 is 0 Å². The number of rotatable bonds is 1. The van der Waals surface area contributed by atoms with Crippen LogP contribution in [-0.2, 0) is 9.47 Å². The summed E-state index contributed by atoms with van der Waals surface area (Å²) in [6.45, 7) is 1.58. The van der Waals surface area contributed by atoms with Gasteiger partial charge in [-0.25, -0.2) is 4.79 Å². The zero-order valence-electron chi connectivity index (χ0n) is 7.36. The molecule has 74 valence electrons. The molecule has 0 aromatic rings. The zero-order valence-corrected chi connectivity index (χ0v) is 7.36. The van der Waals surface area contributed by atoms with E-state index in [1.807, 2.05) is 0 Å². The van der Waals surface area contributed by atoms with E-state index < -0.39 is 6.09 Å². The summed E-state index contributed by atoms with van der Waals surface area (Å²) in [5.74, 6) is 0.279. The topological polar surface area (TPSA) is 73.6 Å². The molecule has 0 bridgehead atoms. The number of piperidine rings is 1. The van der Waals surface area contributed by atoms with Crippen molar-refractivity contribution in [3.05, 3.63) is 0 Å². The van der Waals surface area contributed by atoms with Gasteiger partial charge in [0.25, 0.3) is 0 Å². The summed E-state index contributed by atoms with van der Waals surface area (Å²) < 4.78 is 10.4. The van der Waals surface area contributed by atoms with Crippen molar-refractivity contribution in [2.45, 2.75) is 25.2 Å². The highest BCUT2D eigenvalue weighted by atomic mass is 16.6. The lowest BCUT2D eigenvalue weighted by Gasteiger charge is -2.32. The van der Waals surface area contributed by atoms with Crippen LogP contribution in [0.15, 0.2) is 0 Å². The molecule has 0 aromatic carbocycles. The predicted octanol–water partition coefficient (Wildman–Crippen LogP) is -0.194. The Morgan fingerprint density at radius 1 is 1.54 bits per heavy atom. The maximum atomic E-state index is 10.6. The molecule has 2 saturated heterocycles. The summed E-state index contributed by atoms with van der Waals surface area (Å²) in [5, 5.41) is 3.12. The standard InChI is InChI=1S/C8H14N2O3/c9-8(11)13-7-5-2-4-12-6(5)1-3-10-7/h5-7,10H,1-4H2,(H2,9,11). The van der Waals surface area contributed by atoms with Crippen molar-refractivity contribution in [2.24, 2.45) is 11.7 Å². The van der Waals surface area contributed by atoms with Crippen molar-refractivity contribution in [1.82, 2.24) is 5.32 Å². The molecule has 1 amide bonds. The summed E-state index contributed by atoms with van der Waals surface area (Å²) in [4.78, 5) is 10.6. The average molecular weight is 186 g/mol. The number of fused-ring (bicyclic) bond motifs is 1. The fourth-order valence-electron chi connectivity index (χ4n) is 2.08. The van der Waals surface area contributed by atoms with Gasteiger partial charge in [0.2, 0.25) is 0 Å². The molecule has 0 saturated carbocycles. The third kappa shape index (κ3) is 1.76. The minimum Gasteiger partial charge on any atom is -0.430 e. The second kappa shape index (κ2) is 3.51. The van der Waals surface area contributed by atoms with Crippen LogP contribution in [0.1, 0.15) is 12.8 Å². The first kappa shape index (κ1) is 8.77. The van der Waals surface area contributed by atoms with Crippen LogP contribution in [0.25, 0.3) is 0 Å². The number of hydrogen-bond acceptors (Lipinski definition) is 4. The first-order valence-corrected chi connectivity index (χ1v) is 4.58. The zero-order chi connectivity index (χ0) is 9.26. The molecule has 0 aromatic heterocycles. The smallest absolute Gasteiger partial charge is 0.406 e. The van der Waals surface area contributed by atoms with Crippen LogP contribution in [0, 0.1) is 5.92 Å². The molecule has 2 fully saturated rings. The van der Waals surface area contributed by atoms with Crippen LogP contribution in [0.5, 0.6) is 0 Å². The maximum absolute atomic E-state index is 10.6. The summed E-state index contributed by atoms with van der Waals surface area (Å²) in [6.07, 6.45) is 1.20. The highest BCUT2D eigenvalue weighted by molar-refractivity contribution is 5.64. The quantitative estimate of drug-likeness (QED) is 0.595. The van der Waals surface area contributed by atoms with E-state index in [-0.39, 0.29) is 18.2 Å². The molecule has 3 atom stereocenters. The van der Waals surface area contributed by atoms with Crippen molar-refractivity contribution < 1.29 is 14.3 Å². The molecule has 5 nitrogen and oxygen atoms in total. The number of hydrogen-bond donors (Lipinski definition) is 2. The lowest BCUT2D eigenvalue weighted by atomic mass is 9.94. The lowest BCUT2D eigenvalue weighted by Crippen LogP contribution is -2.49. The third-order valence-corrected chi connectivity index (χ3v) is 2.67. The second-order valence-corrected chi connectivity index (χ2v) is 3.46. The Labute approximate surface area is 76.6 Å². The summed E-state index contributed by atoms with van der Waals surface area (Å²) in [7, 11) is 0. The molecule has 2 aliphatic heterocycles. The largest absolute Gasteiger partial charge is 0.430 e. The maximum Gasteiger partial charge on any atom is 0.406 e. The minimum atomic E-state index is -0.718. The van der Waals surface area contributed by atoms with Gasteiger partial charge in [0.05, 0.1) is 6.10 Å². The third-order valence-electron chi connectivity index (χ3n) is 2.67. The van der Waals surface area contributed by atoms with Gasteiger partial charge >= 0.3 is 6.09 Å². The van der Waals surface area contributed by atoms with Gasteiger partial charge < -0.3 is 15.2 Å². The number of nitrogens with two attached hydrogens (primary N) is 1. The Morgan fingerprint density at radius 2 is 2.38 bits per heavy atom. The average Bonchev–Trinajstić information content (AvgIpc) is 2.51. The van der Waals surface area contributed by atoms with Crippen LogP contribution >= 0.6 is 0 Å². The highest BCUT2D eigenvalue weighted by Crippen LogP contribution is 2.29. The van der Waals surface area contributed by atoms with E-state index in [2.05, 4.69) is 5.32 Å². The fraction of sp³-hybridized carbons (Fsp3) is 0.875. The SMILES string of the molecule is NC(=O)OC1NCCC2OCCC21. The van der Waals surface area contributed by atoms with Gasteiger partial charge in [-0.3, -0.25) is 5.32 Å². The van der Waals surface area contributed by atoms with Crippen molar-refractivity contribution >= 4 is 6.09 Å². The van der Waals surface area contributed by atoms with Crippen molar-refractivity contribution in [2.75, 3.05) is 13.2 Å². The molecule has 5 heteroatoms. The fourth-order valence-corrected chi connectivity index (χ4v) is 2.08. The monoisotopic (exact) mass is 186 g/mol. The van der Waals surface area contributed by atoms with Gasteiger partial charge in [-0.15, -0.1) is 0 Å². The molecule has 0 radical (unpaired) electrons. The molecular formula is C8H14N2O3. The number of carbonyl (C=O) groups is 1.